The molecule has 0 aromatic heterocycles. The zero-order valence-corrected chi connectivity index (χ0v) is 14.8. The first-order valence-electron chi connectivity index (χ1n) is 9.02. The van der Waals surface area contributed by atoms with Gasteiger partial charge >= 0.3 is 0 Å². The lowest BCUT2D eigenvalue weighted by atomic mass is 9.70. The van der Waals surface area contributed by atoms with E-state index in [1.54, 1.807) is 0 Å². The van der Waals surface area contributed by atoms with Crippen LogP contribution in [0.5, 0.6) is 0 Å². The van der Waals surface area contributed by atoms with Crippen LogP contribution in [0, 0.1) is 23.7 Å². The summed E-state index contributed by atoms with van der Waals surface area (Å²) >= 11 is 0. The van der Waals surface area contributed by atoms with E-state index in [0.717, 1.165) is 17.8 Å². The predicted molar refractivity (Wildman–Crippen MR) is 90.8 cm³/mol. The highest BCUT2D eigenvalue weighted by Gasteiger charge is 2.37. The van der Waals surface area contributed by atoms with Gasteiger partial charge in [-0.25, -0.2) is 0 Å². The maximum absolute atomic E-state index is 2.48. The molecule has 0 heterocycles. The van der Waals surface area contributed by atoms with Crippen molar-refractivity contribution in [1.82, 2.24) is 4.90 Å². The van der Waals surface area contributed by atoms with Crippen molar-refractivity contribution in [3.05, 3.63) is 5.92 Å². The van der Waals surface area contributed by atoms with Crippen LogP contribution in [0.3, 0.4) is 0 Å². The Labute approximate surface area is 128 Å². The van der Waals surface area contributed by atoms with Gasteiger partial charge in [-0.1, -0.05) is 20.8 Å². The van der Waals surface area contributed by atoms with E-state index in [2.05, 4.69) is 39.8 Å². The summed E-state index contributed by atoms with van der Waals surface area (Å²) in [6.45, 7) is 8.52. The lowest BCUT2D eigenvalue weighted by molar-refractivity contribution is 0.273. The van der Waals surface area contributed by atoms with Gasteiger partial charge in [0.05, 0.1) is 18.8 Å². The average Bonchev–Trinajstić information content (AvgIpc) is 2.25. The monoisotopic (exact) mass is 280 g/mol. The second kappa shape index (κ2) is 9.71. The molecule has 2 atom stereocenters. The van der Waals surface area contributed by atoms with Crippen LogP contribution in [-0.4, -0.2) is 25.5 Å². The molecule has 20 heavy (non-hydrogen) atoms. The fourth-order valence-electron chi connectivity index (χ4n) is 3.70. The average molecular weight is 281 g/mol. The van der Waals surface area contributed by atoms with Crippen LogP contribution >= 0.6 is 0 Å². The summed E-state index contributed by atoms with van der Waals surface area (Å²) in [5.41, 5.74) is 0. The molecule has 0 spiro atoms. The highest BCUT2D eigenvalue weighted by Crippen LogP contribution is 2.41. The van der Waals surface area contributed by atoms with Gasteiger partial charge in [-0.15, -0.1) is 0 Å². The Kier molecular flexibility index (Phi) is 8.68. The molecule has 1 heteroatoms. The van der Waals surface area contributed by atoms with Crippen LogP contribution < -0.4 is 0 Å². The summed E-state index contributed by atoms with van der Waals surface area (Å²) in [4.78, 5) is 2.31. The molecule has 0 saturated heterocycles. The Morgan fingerprint density at radius 3 is 2.35 bits per heavy atom. The smallest absolute Gasteiger partial charge is 0.100 e. The topological polar surface area (TPSA) is 3.24 Å². The van der Waals surface area contributed by atoms with Gasteiger partial charge in [-0.05, 0) is 77.4 Å². The minimum atomic E-state index is 0.895. The fourth-order valence-corrected chi connectivity index (χ4v) is 3.70. The third kappa shape index (κ3) is 7.02. The Morgan fingerprint density at radius 2 is 1.85 bits per heavy atom. The van der Waals surface area contributed by atoms with E-state index in [0.29, 0.717) is 0 Å². The molecule has 1 fully saturated rings. The van der Waals surface area contributed by atoms with Crippen LogP contribution in [0.2, 0.25) is 0 Å². The van der Waals surface area contributed by atoms with Crippen molar-refractivity contribution in [1.29, 1.82) is 0 Å². The zero-order valence-electron chi connectivity index (χ0n) is 14.8. The van der Waals surface area contributed by atoms with Crippen LogP contribution in [-0.2, 0) is 0 Å². The number of hydrogen-bond acceptors (Lipinski definition) is 1. The molecule has 0 bridgehead atoms. The lowest BCUT2D eigenvalue weighted by Crippen LogP contribution is -2.22. The molecule has 0 aromatic carbocycles. The normalized spacial score (nSPS) is 18.9. The van der Waals surface area contributed by atoms with Gasteiger partial charge in [0.1, 0.15) is 5.92 Å². The maximum atomic E-state index is 2.48. The Hall–Kier alpha value is -0.170. The first kappa shape index (κ1) is 17.9. The Morgan fingerprint density at radius 1 is 1.15 bits per heavy atom. The molecule has 1 rings (SSSR count). The van der Waals surface area contributed by atoms with E-state index in [4.69, 9.17) is 0 Å². The van der Waals surface area contributed by atoms with E-state index in [1.165, 1.54) is 64.3 Å². The molecule has 0 amide bonds. The molecule has 0 aromatic rings. The lowest BCUT2D eigenvalue weighted by Gasteiger charge is -2.27. The summed E-state index contributed by atoms with van der Waals surface area (Å²) < 4.78 is 0. The van der Waals surface area contributed by atoms with Gasteiger partial charge in [-0.2, -0.15) is 0 Å². The van der Waals surface area contributed by atoms with Crippen molar-refractivity contribution >= 4 is 0 Å². The van der Waals surface area contributed by atoms with Gasteiger partial charge in [0, 0.05) is 0 Å². The Bertz CT molecular complexity index is 232. The quantitative estimate of drug-likeness (QED) is 0.448. The Balaban J connectivity index is 2.20. The van der Waals surface area contributed by atoms with E-state index in [1.807, 2.05) is 5.92 Å². The highest BCUT2D eigenvalue weighted by atomic mass is 15.0. The first-order chi connectivity index (χ1) is 9.52. The number of hydrogen-bond donors (Lipinski definition) is 0. The summed E-state index contributed by atoms with van der Waals surface area (Å²) in [7, 11) is 4.36. The molecule has 1 aliphatic rings. The minimum absolute atomic E-state index is 0.895. The molecular weight excluding hydrogens is 242 g/mol. The van der Waals surface area contributed by atoms with E-state index < -0.39 is 0 Å². The van der Waals surface area contributed by atoms with E-state index >= 15 is 0 Å². The van der Waals surface area contributed by atoms with Gasteiger partial charge in [0.15, 0.2) is 0 Å². The second-order valence-electron chi connectivity index (χ2n) is 7.63. The SMILES string of the molecule is CCC[C+](CC(C)CC(C)CCCN(C)C)C1CCC1. The van der Waals surface area contributed by atoms with Crippen molar-refractivity contribution < 1.29 is 0 Å². The van der Waals surface area contributed by atoms with E-state index in [9.17, 15) is 0 Å². The number of nitrogens with zero attached hydrogens (tertiary/aromatic N) is 1. The predicted octanol–water partition coefficient (Wildman–Crippen LogP) is 5.56. The van der Waals surface area contributed by atoms with Crippen molar-refractivity contribution in [2.24, 2.45) is 17.8 Å². The standard InChI is InChI=1S/C19H38N/c1-6-9-19(18-11-7-12-18)15-17(3)14-16(2)10-8-13-20(4)5/h16-18H,6-15H2,1-5H3/q+1. The highest BCUT2D eigenvalue weighted by molar-refractivity contribution is 5.00. The second-order valence-corrected chi connectivity index (χ2v) is 7.63. The van der Waals surface area contributed by atoms with Crippen molar-refractivity contribution in [2.45, 2.75) is 78.6 Å². The number of rotatable bonds is 11. The van der Waals surface area contributed by atoms with Crippen LogP contribution in [0.15, 0.2) is 0 Å². The summed E-state index contributed by atoms with van der Waals surface area (Å²) in [5, 5.41) is 0. The maximum Gasteiger partial charge on any atom is 0.100 e. The third-order valence-electron chi connectivity index (χ3n) is 4.97. The first-order valence-corrected chi connectivity index (χ1v) is 9.02. The van der Waals surface area contributed by atoms with Gasteiger partial charge in [0.2, 0.25) is 0 Å². The van der Waals surface area contributed by atoms with E-state index in [-0.39, 0.29) is 0 Å². The van der Waals surface area contributed by atoms with Crippen LogP contribution in [0.4, 0.5) is 0 Å². The molecule has 0 radical (unpaired) electrons. The van der Waals surface area contributed by atoms with Gasteiger partial charge in [-0.3, -0.25) is 0 Å². The molecule has 1 nitrogen and oxygen atoms in total. The zero-order chi connectivity index (χ0) is 15.0. The molecular formula is C19H38N+. The summed E-state index contributed by atoms with van der Waals surface area (Å²) in [6, 6.07) is 0. The molecule has 1 aliphatic carbocycles. The minimum Gasteiger partial charge on any atom is -0.309 e. The van der Waals surface area contributed by atoms with Gasteiger partial charge in [0.25, 0.3) is 0 Å². The molecule has 2 unspecified atom stereocenters. The molecule has 0 aliphatic heterocycles. The summed E-state index contributed by atoms with van der Waals surface area (Å²) in [6.07, 6.45) is 12.8. The molecule has 118 valence electrons. The largest absolute Gasteiger partial charge is 0.309 e. The molecule has 1 saturated carbocycles. The fraction of sp³-hybridized carbons (Fsp3) is 0.947. The van der Waals surface area contributed by atoms with Crippen LogP contribution in [0.25, 0.3) is 0 Å². The third-order valence-corrected chi connectivity index (χ3v) is 4.97. The molecule has 0 N–H and O–H groups in total. The van der Waals surface area contributed by atoms with Crippen molar-refractivity contribution in [3.8, 4) is 0 Å². The van der Waals surface area contributed by atoms with Crippen LogP contribution in [0.1, 0.15) is 78.6 Å². The van der Waals surface area contributed by atoms with Gasteiger partial charge < -0.3 is 4.90 Å². The summed E-state index contributed by atoms with van der Waals surface area (Å²) in [5.74, 6) is 4.70. The van der Waals surface area contributed by atoms with Crippen molar-refractivity contribution in [2.75, 3.05) is 20.6 Å². The van der Waals surface area contributed by atoms with Crippen molar-refractivity contribution in [3.63, 3.8) is 0 Å².